The largest absolute Gasteiger partial charge is 0.314 e. The summed E-state index contributed by atoms with van der Waals surface area (Å²) in [5.74, 6) is 0. The van der Waals surface area contributed by atoms with Crippen molar-refractivity contribution in [3.63, 3.8) is 0 Å². The van der Waals surface area contributed by atoms with Crippen molar-refractivity contribution in [2.24, 2.45) is 0 Å². The summed E-state index contributed by atoms with van der Waals surface area (Å²) in [6.07, 6.45) is 12.2. The molecule has 0 spiro atoms. The number of hydrogen-bond acceptors (Lipinski definition) is 1. The van der Waals surface area contributed by atoms with Crippen molar-refractivity contribution in [3.05, 3.63) is 12.2 Å². The monoisotopic (exact) mass is 239 g/mol. The average Bonchev–Trinajstić information content (AvgIpc) is 2.30. The molecule has 0 saturated heterocycles. The lowest BCUT2D eigenvalue weighted by molar-refractivity contribution is 0.438. The molecule has 0 aromatic carbocycles. The summed E-state index contributed by atoms with van der Waals surface area (Å²) in [7, 11) is 0. The first-order chi connectivity index (χ1) is 8.20. The standard InChI is InChI=1S/C16H33N/c1-5-7-8-9-10-11-12-16(17-6-2)14-13-15(3)4/h16-17H,3,5-14H2,1-2,4H3. The van der Waals surface area contributed by atoms with Crippen LogP contribution < -0.4 is 5.32 Å². The smallest absolute Gasteiger partial charge is 0.00699 e. The van der Waals surface area contributed by atoms with Gasteiger partial charge in [0.2, 0.25) is 0 Å². The maximum absolute atomic E-state index is 3.99. The van der Waals surface area contributed by atoms with E-state index in [1.54, 1.807) is 0 Å². The molecular weight excluding hydrogens is 206 g/mol. The highest BCUT2D eigenvalue weighted by Crippen LogP contribution is 2.13. The Balaban J connectivity index is 3.51. The van der Waals surface area contributed by atoms with Gasteiger partial charge in [-0.25, -0.2) is 0 Å². The van der Waals surface area contributed by atoms with E-state index in [1.165, 1.54) is 63.4 Å². The lowest BCUT2D eigenvalue weighted by Crippen LogP contribution is -2.28. The van der Waals surface area contributed by atoms with E-state index >= 15 is 0 Å². The number of allylic oxidation sites excluding steroid dienone is 1. The van der Waals surface area contributed by atoms with Gasteiger partial charge in [0.15, 0.2) is 0 Å². The predicted octanol–water partition coefficient (Wildman–Crippen LogP) is 5.07. The molecule has 0 heterocycles. The number of nitrogens with one attached hydrogen (secondary N) is 1. The summed E-state index contributed by atoms with van der Waals surface area (Å²) in [5, 5.41) is 3.60. The Morgan fingerprint density at radius 1 is 1.00 bits per heavy atom. The first-order valence-corrected chi connectivity index (χ1v) is 7.58. The second-order valence-corrected chi connectivity index (χ2v) is 5.31. The molecule has 0 aliphatic heterocycles. The van der Waals surface area contributed by atoms with Crippen molar-refractivity contribution in [2.75, 3.05) is 6.54 Å². The van der Waals surface area contributed by atoms with Gasteiger partial charge < -0.3 is 5.32 Å². The minimum Gasteiger partial charge on any atom is -0.314 e. The molecule has 17 heavy (non-hydrogen) atoms. The summed E-state index contributed by atoms with van der Waals surface area (Å²) in [6.45, 7) is 11.7. The van der Waals surface area contributed by atoms with Crippen LogP contribution in [0, 0.1) is 0 Å². The average molecular weight is 239 g/mol. The quantitative estimate of drug-likeness (QED) is 0.370. The normalized spacial score (nSPS) is 12.6. The Labute approximate surface area is 109 Å². The van der Waals surface area contributed by atoms with Crippen LogP contribution in [0.4, 0.5) is 0 Å². The molecule has 0 aliphatic rings. The van der Waals surface area contributed by atoms with E-state index in [0.29, 0.717) is 6.04 Å². The lowest BCUT2D eigenvalue weighted by atomic mass is 10.0. The molecule has 1 heteroatoms. The van der Waals surface area contributed by atoms with Crippen molar-refractivity contribution in [2.45, 2.75) is 84.6 Å². The minimum absolute atomic E-state index is 0.711. The zero-order valence-corrected chi connectivity index (χ0v) is 12.4. The van der Waals surface area contributed by atoms with Gasteiger partial charge in [0.1, 0.15) is 0 Å². The molecule has 1 nitrogen and oxygen atoms in total. The van der Waals surface area contributed by atoms with Gasteiger partial charge in [-0.3, -0.25) is 0 Å². The van der Waals surface area contributed by atoms with Crippen LogP contribution >= 0.6 is 0 Å². The van der Waals surface area contributed by atoms with E-state index in [2.05, 4.69) is 32.7 Å². The zero-order chi connectivity index (χ0) is 12.9. The van der Waals surface area contributed by atoms with Crippen LogP contribution in [-0.2, 0) is 0 Å². The van der Waals surface area contributed by atoms with E-state index < -0.39 is 0 Å². The van der Waals surface area contributed by atoms with Gasteiger partial charge in [0, 0.05) is 6.04 Å². The molecular formula is C16H33N. The van der Waals surface area contributed by atoms with Gasteiger partial charge in [-0.1, -0.05) is 57.9 Å². The molecule has 0 fully saturated rings. The number of rotatable bonds is 12. The van der Waals surface area contributed by atoms with Crippen LogP contribution in [0.3, 0.4) is 0 Å². The third kappa shape index (κ3) is 12.0. The van der Waals surface area contributed by atoms with Gasteiger partial charge in [0.25, 0.3) is 0 Å². The molecule has 0 saturated carbocycles. The third-order valence-corrected chi connectivity index (χ3v) is 3.32. The Bertz CT molecular complexity index is 174. The first kappa shape index (κ1) is 16.7. The molecule has 0 aliphatic carbocycles. The van der Waals surface area contributed by atoms with Crippen LogP contribution in [0.5, 0.6) is 0 Å². The summed E-state index contributed by atoms with van der Waals surface area (Å²) in [5.41, 5.74) is 1.32. The van der Waals surface area contributed by atoms with Gasteiger partial charge >= 0.3 is 0 Å². The van der Waals surface area contributed by atoms with Crippen LogP contribution in [0.25, 0.3) is 0 Å². The van der Waals surface area contributed by atoms with E-state index in [0.717, 1.165) is 6.54 Å². The van der Waals surface area contributed by atoms with Crippen molar-refractivity contribution in [1.82, 2.24) is 5.32 Å². The molecule has 1 atom stereocenters. The number of hydrogen-bond donors (Lipinski definition) is 1. The Hall–Kier alpha value is -0.300. The highest BCUT2D eigenvalue weighted by molar-refractivity contribution is 4.89. The molecule has 0 rings (SSSR count). The van der Waals surface area contributed by atoms with Gasteiger partial charge in [-0.05, 0) is 32.7 Å². The first-order valence-electron chi connectivity index (χ1n) is 7.58. The molecule has 0 amide bonds. The predicted molar refractivity (Wildman–Crippen MR) is 79.5 cm³/mol. The SMILES string of the molecule is C=C(C)CCC(CCCCCCCC)NCC. The Morgan fingerprint density at radius 2 is 1.65 bits per heavy atom. The van der Waals surface area contributed by atoms with Crippen LogP contribution in [0.1, 0.15) is 78.6 Å². The summed E-state index contributed by atoms with van der Waals surface area (Å²) < 4.78 is 0. The maximum Gasteiger partial charge on any atom is 0.00699 e. The topological polar surface area (TPSA) is 12.0 Å². The van der Waals surface area contributed by atoms with Crippen LogP contribution in [0.15, 0.2) is 12.2 Å². The fourth-order valence-corrected chi connectivity index (χ4v) is 2.23. The fraction of sp³-hybridized carbons (Fsp3) is 0.875. The minimum atomic E-state index is 0.711. The molecule has 0 aromatic rings. The Morgan fingerprint density at radius 3 is 2.24 bits per heavy atom. The fourth-order valence-electron chi connectivity index (χ4n) is 2.23. The van der Waals surface area contributed by atoms with Crippen LogP contribution in [0.2, 0.25) is 0 Å². The molecule has 0 bridgehead atoms. The van der Waals surface area contributed by atoms with E-state index in [9.17, 15) is 0 Å². The maximum atomic E-state index is 3.99. The second-order valence-electron chi connectivity index (χ2n) is 5.31. The summed E-state index contributed by atoms with van der Waals surface area (Å²) in [4.78, 5) is 0. The van der Waals surface area contributed by atoms with Gasteiger partial charge in [0.05, 0.1) is 0 Å². The van der Waals surface area contributed by atoms with Crippen molar-refractivity contribution < 1.29 is 0 Å². The molecule has 102 valence electrons. The van der Waals surface area contributed by atoms with Crippen molar-refractivity contribution in [1.29, 1.82) is 0 Å². The van der Waals surface area contributed by atoms with Gasteiger partial charge in [-0.2, -0.15) is 0 Å². The van der Waals surface area contributed by atoms with Crippen molar-refractivity contribution >= 4 is 0 Å². The Kier molecular flexibility index (Phi) is 12.0. The molecule has 0 aromatic heterocycles. The number of unbranched alkanes of at least 4 members (excludes halogenated alkanes) is 5. The van der Waals surface area contributed by atoms with E-state index in [-0.39, 0.29) is 0 Å². The highest BCUT2D eigenvalue weighted by Gasteiger charge is 2.06. The van der Waals surface area contributed by atoms with Gasteiger partial charge in [-0.15, -0.1) is 6.58 Å². The second kappa shape index (κ2) is 12.2. The van der Waals surface area contributed by atoms with E-state index in [1.807, 2.05) is 0 Å². The molecule has 1 N–H and O–H groups in total. The van der Waals surface area contributed by atoms with Crippen molar-refractivity contribution in [3.8, 4) is 0 Å². The summed E-state index contributed by atoms with van der Waals surface area (Å²) in [6, 6.07) is 0.711. The van der Waals surface area contributed by atoms with E-state index in [4.69, 9.17) is 0 Å². The molecule has 1 unspecified atom stereocenters. The van der Waals surface area contributed by atoms with Crippen LogP contribution in [-0.4, -0.2) is 12.6 Å². The highest BCUT2D eigenvalue weighted by atomic mass is 14.9. The zero-order valence-electron chi connectivity index (χ0n) is 12.4. The third-order valence-electron chi connectivity index (χ3n) is 3.32. The lowest BCUT2D eigenvalue weighted by Gasteiger charge is -2.17. The molecule has 0 radical (unpaired) electrons. The summed E-state index contributed by atoms with van der Waals surface area (Å²) >= 11 is 0.